The number of hydrogen-bond acceptors (Lipinski definition) is 4. The van der Waals surface area contributed by atoms with Gasteiger partial charge in [0.05, 0.1) is 5.02 Å². The molecule has 5 nitrogen and oxygen atoms in total. The number of halogens is 1. The summed E-state index contributed by atoms with van der Waals surface area (Å²) < 4.78 is 5.42. The number of pyridine rings is 1. The molecule has 1 aromatic heterocycles. The standard InChI is InChI=1S/C15H22ClN3O2/c1-11-10-18(14(20)21-15(2,3)4)7-8-19(11)13-6-5-12(16)9-17-13/h5-6,9,11H,7-8,10H2,1-4H3/t11-/m0/s1. The summed E-state index contributed by atoms with van der Waals surface area (Å²) >= 11 is 5.86. The number of aromatic nitrogens is 1. The Labute approximate surface area is 130 Å². The zero-order chi connectivity index (χ0) is 15.6. The lowest BCUT2D eigenvalue weighted by molar-refractivity contribution is 0.0218. The van der Waals surface area contributed by atoms with Crippen LogP contribution in [-0.4, -0.2) is 47.3 Å². The van der Waals surface area contributed by atoms with Crippen LogP contribution in [0.2, 0.25) is 5.02 Å². The van der Waals surface area contributed by atoms with E-state index in [1.54, 1.807) is 11.1 Å². The molecule has 0 aromatic carbocycles. The minimum atomic E-state index is -0.463. The Hall–Kier alpha value is -1.49. The van der Waals surface area contributed by atoms with Gasteiger partial charge < -0.3 is 14.5 Å². The molecule has 0 unspecified atom stereocenters. The topological polar surface area (TPSA) is 45.7 Å². The van der Waals surface area contributed by atoms with Crippen molar-refractivity contribution in [3.8, 4) is 0 Å². The molecule has 0 bridgehead atoms. The van der Waals surface area contributed by atoms with Gasteiger partial charge in [-0.2, -0.15) is 0 Å². The van der Waals surface area contributed by atoms with E-state index in [4.69, 9.17) is 16.3 Å². The third-order valence-corrected chi connectivity index (χ3v) is 3.51. The van der Waals surface area contributed by atoms with Crippen molar-refractivity contribution >= 4 is 23.5 Å². The second kappa shape index (κ2) is 6.10. The predicted molar refractivity (Wildman–Crippen MR) is 83.9 cm³/mol. The van der Waals surface area contributed by atoms with Gasteiger partial charge in [0.25, 0.3) is 0 Å². The predicted octanol–water partition coefficient (Wildman–Crippen LogP) is 3.18. The van der Waals surface area contributed by atoms with Crippen LogP contribution in [0.1, 0.15) is 27.7 Å². The van der Waals surface area contributed by atoms with Crippen LogP contribution in [0, 0.1) is 0 Å². The third-order valence-electron chi connectivity index (χ3n) is 3.29. The first-order valence-corrected chi connectivity index (χ1v) is 7.50. The number of carbonyl (C=O) groups is 1. The molecule has 1 aliphatic heterocycles. The number of anilines is 1. The van der Waals surface area contributed by atoms with Crippen molar-refractivity contribution in [3.63, 3.8) is 0 Å². The van der Waals surface area contributed by atoms with Crippen LogP contribution >= 0.6 is 11.6 Å². The van der Waals surface area contributed by atoms with Crippen molar-refractivity contribution in [1.29, 1.82) is 0 Å². The molecular weight excluding hydrogens is 290 g/mol. The molecule has 0 saturated carbocycles. The average molecular weight is 312 g/mol. The van der Waals surface area contributed by atoms with Crippen LogP contribution in [0.25, 0.3) is 0 Å². The Balaban J connectivity index is 1.99. The summed E-state index contributed by atoms with van der Waals surface area (Å²) in [7, 11) is 0. The molecule has 1 aliphatic rings. The summed E-state index contributed by atoms with van der Waals surface area (Å²) in [5, 5.41) is 0.624. The van der Waals surface area contributed by atoms with Crippen LogP contribution in [0.5, 0.6) is 0 Å². The monoisotopic (exact) mass is 311 g/mol. The van der Waals surface area contributed by atoms with Gasteiger partial charge in [0.1, 0.15) is 11.4 Å². The molecule has 2 heterocycles. The number of hydrogen-bond donors (Lipinski definition) is 0. The summed E-state index contributed by atoms with van der Waals surface area (Å²) in [4.78, 5) is 20.4. The van der Waals surface area contributed by atoms with E-state index >= 15 is 0 Å². The van der Waals surface area contributed by atoms with Gasteiger partial charge in [-0.1, -0.05) is 11.6 Å². The first kappa shape index (κ1) is 15.9. The van der Waals surface area contributed by atoms with Crippen molar-refractivity contribution in [2.45, 2.75) is 39.3 Å². The molecule has 0 aliphatic carbocycles. The molecule has 0 spiro atoms. The van der Waals surface area contributed by atoms with Crippen LogP contribution in [0.15, 0.2) is 18.3 Å². The van der Waals surface area contributed by atoms with E-state index in [-0.39, 0.29) is 12.1 Å². The Morgan fingerprint density at radius 1 is 1.38 bits per heavy atom. The molecule has 1 saturated heterocycles. The number of nitrogens with zero attached hydrogens (tertiary/aromatic N) is 3. The van der Waals surface area contributed by atoms with Crippen LogP contribution in [0.4, 0.5) is 10.6 Å². The molecule has 21 heavy (non-hydrogen) atoms. The van der Waals surface area contributed by atoms with Gasteiger partial charge >= 0.3 is 6.09 Å². The van der Waals surface area contributed by atoms with Gasteiger partial charge in [0, 0.05) is 31.9 Å². The molecular formula is C15H22ClN3O2. The largest absolute Gasteiger partial charge is 0.444 e. The smallest absolute Gasteiger partial charge is 0.410 e. The van der Waals surface area contributed by atoms with E-state index in [9.17, 15) is 4.79 Å². The lowest BCUT2D eigenvalue weighted by atomic mass is 10.2. The second-order valence-corrected chi connectivity index (χ2v) is 6.74. The summed E-state index contributed by atoms with van der Waals surface area (Å²) in [5.74, 6) is 0.885. The van der Waals surface area contributed by atoms with Crippen LogP contribution < -0.4 is 4.90 Å². The van der Waals surface area contributed by atoms with E-state index < -0.39 is 5.60 Å². The summed E-state index contributed by atoms with van der Waals surface area (Å²) in [6.07, 6.45) is 1.39. The van der Waals surface area contributed by atoms with E-state index in [0.29, 0.717) is 18.1 Å². The first-order valence-electron chi connectivity index (χ1n) is 7.12. The number of piperazine rings is 1. The van der Waals surface area contributed by atoms with Crippen molar-refractivity contribution in [2.24, 2.45) is 0 Å². The van der Waals surface area contributed by atoms with Gasteiger partial charge in [-0.05, 0) is 39.8 Å². The quantitative estimate of drug-likeness (QED) is 0.799. The lowest BCUT2D eigenvalue weighted by Crippen LogP contribution is -2.54. The highest BCUT2D eigenvalue weighted by Gasteiger charge is 2.30. The lowest BCUT2D eigenvalue weighted by Gasteiger charge is -2.40. The summed E-state index contributed by atoms with van der Waals surface area (Å²) in [6.45, 7) is 9.69. The Bertz CT molecular complexity index is 499. The number of carbonyl (C=O) groups excluding carboxylic acids is 1. The fourth-order valence-electron chi connectivity index (χ4n) is 2.33. The summed E-state index contributed by atoms with van der Waals surface area (Å²) in [6, 6.07) is 3.92. The molecule has 1 amide bonds. The molecule has 2 rings (SSSR count). The number of ether oxygens (including phenoxy) is 1. The van der Waals surface area contributed by atoms with E-state index in [0.717, 1.165) is 12.4 Å². The molecule has 0 radical (unpaired) electrons. The van der Waals surface area contributed by atoms with E-state index in [1.165, 1.54) is 0 Å². The number of amides is 1. The third kappa shape index (κ3) is 4.24. The van der Waals surface area contributed by atoms with Crippen LogP contribution in [-0.2, 0) is 4.74 Å². The van der Waals surface area contributed by atoms with Crippen molar-refractivity contribution in [3.05, 3.63) is 23.4 Å². The Kier molecular flexibility index (Phi) is 4.61. The SMILES string of the molecule is C[C@H]1CN(C(=O)OC(C)(C)C)CCN1c1ccc(Cl)cn1. The minimum absolute atomic E-state index is 0.181. The van der Waals surface area contributed by atoms with E-state index in [1.807, 2.05) is 32.9 Å². The zero-order valence-corrected chi connectivity index (χ0v) is 13.7. The van der Waals surface area contributed by atoms with Gasteiger partial charge in [-0.3, -0.25) is 0 Å². The molecule has 0 N–H and O–H groups in total. The zero-order valence-electron chi connectivity index (χ0n) is 13.0. The minimum Gasteiger partial charge on any atom is -0.444 e. The van der Waals surface area contributed by atoms with Gasteiger partial charge in [0.2, 0.25) is 0 Å². The Morgan fingerprint density at radius 3 is 2.62 bits per heavy atom. The van der Waals surface area contributed by atoms with Crippen molar-refractivity contribution in [2.75, 3.05) is 24.5 Å². The van der Waals surface area contributed by atoms with Crippen molar-refractivity contribution in [1.82, 2.24) is 9.88 Å². The second-order valence-electron chi connectivity index (χ2n) is 6.30. The van der Waals surface area contributed by atoms with Gasteiger partial charge in [-0.15, -0.1) is 0 Å². The maximum absolute atomic E-state index is 12.1. The average Bonchev–Trinajstić information content (AvgIpc) is 2.38. The molecule has 1 aromatic rings. The van der Waals surface area contributed by atoms with Gasteiger partial charge in [-0.25, -0.2) is 9.78 Å². The Morgan fingerprint density at radius 2 is 2.10 bits per heavy atom. The molecule has 116 valence electrons. The fraction of sp³-hybridized carbons (Fsp3) is 0.600. The fourth-order valence-corrected chi connectivity index (χ4v) is 2.44. The van der Waals surface area contributed by atoms with Crippen LogP contribution in [0.3, 0.4) is 0 Å². The highest BCUT2D eigenvalue weighted by molar-refractivity contribution is 6.30. The maximum atomic E-state index is 12.1. The normalized spacial score (nSPS) is 19.6. The van der Waals surface area contributed by atoms with Gasteiger partial charge in [0.15, 0.2) is 0 Å². The molecule has 6 heteroatoms. The summed E-state index contributed by atoms with van der Waals surface area (Å²) in [5.41, 5.74) is -0.463. The highest BCUT2D eigenvalue weighted by Crippen LogP contribution is 2.21. The molecule has 1 atom stereocenters. The molecule has 1 fully saturated rings. The highest BCUT2D eigenvalue weighted by atomic mass is 35.5. The first-order chi connectivity index (χ1) is 9.76. The number of rotatable bonds is 1. The maximum Gasteiger partial charge on any atom is 0.410 e. The van der Waals surface area contributed by atoms with E-state index in [2.05, 4.69) is 16.8 Å². The van der Waals surface area contributed by atoms with Crippen molar-refractivity contribution < 1.29 is 9.53 Å².